The van der Waals surface area contributed by atoms with E-state index in [4.69, 9.17) is 4.74 Å². The molecule has 1 aromatic carbocycles. The number of aromatic nitrogens is 1. The number of nitrogens with zero attached hydrogens (tertiary/aromatic N) is 2. The van der Waals surface area contributed by atoms with E-state index in [9.17, 15) is 14.3 Å². The van der Waals surface area contributed by atoms with Gasteiger partial charge in [0.25, 0.3) is 0 Å². The lowest BCUT2D eigenvalue weighted by atomic mass is 9.79. The Hall–Kier alpha value is -1.93. The van der Waals surface area contributed by atoms with E-state index >= 15 is 4.39 Å². The number of rotatable bonds is 11. The quantitative estimate of drug-likeness (QED) is 0.358. The zero-order valence-electron chi connectivity index (χ0n) is 21.1. The van der Waals surface area contributed by atoms with Crippen LogP contribution in [-0.4, -0.2) is 58.7 Å². The molecule has 36 heavy (non-hydrogen) atoms. The molecule has 5 nitrogen and oxygen atoms in total. The largest absolute Gasteiger partial charge is 0.497 e. The van der Waals surface area contributed by atoms with Gasteiger partial charge in [0.2, 0.25) is 0 Å². The topological polar surface area (TPSA) is 62.7 Å². The summed E-state index contributed by atoms with van der Waals surface area (Å²) in [5, 5.41) is 10.7. The second kappa shape index (κ2) is 13.0. The number of benzene rings is 1. The molecule has 0 amide bonds. The highest BCUT2D eigenvalue weighted by molar-refractivity contribution is 7.99. The SMILES string of the molecule is COc1ccc2ncc(F)c([C@H](F)CCC3CCN(CCSC4CCCCC4)CC3CC(=O)O)c2c1. The number of fused-ring (bicyclic) bond motifs is 1. The van der Waals surface area contributed by atoms with E-state index in [0.717, 1.165) is 43.3 Å². The standard InChI is InChI=1S/C28H38F2N2O3S/c1-35-21-8-10-26-23(16-21)28(25(30)17-31-26)24(29)9-7-19-11-12-32(18-20(19)15-27(33)34)13-14-36-22-5-3-2-4-6-22/h8,10,16-17,19-20,22,24H,2-7,9,11-15,18H2,1H3,(H,33,34)/t19?,20?,24-/m1/s1. The zero-order chi connectivity index (χ0) is 25.5. The maximum atomic E-state index is 15.5. The summed E-state index contributed by atoms with van der Waals surface area (Å²) in [6.07, 6.45) is 7.91. The highest BCUT2D eigenvalue weighted by atomic mass is 32.2. The molecule has 2 heterocycles. The van der Waals surface area contributed by atoms with Crippen molar-refractivity contribution >= 4 is 28.6 Å². The fourth-order valence-corrected chi connectivity index (χ4v) is 7.26. The van der Waals surface area contributed by atoms with Gasteiger partial charge in [-0.05, 0) is 68.7 Å². The lowest BCUT2D eigenvalue weighted by molar-refractivity contribution is -0.139. The van der Waals surface area contributed by atoms with Gasteiger partial charge in [0.05, 0.1) is 18.8 Å². The minimum absolute atomic E-state index is 0.0118. The normalized spacial score (nSPS) is 22.5. The number of thioether (sulfide) groups is 1. The molecule has 0 bridgehead atoms. The van der Waals surface area contributed by atoms with Gasteiger partial charge >= 0.3 is 5.97 Å². The van der Waals surface area contributed by atoms with Crippen LogP contribution in [0.4, 0.5) is 8.78 Å². The summed E-state index contributed by atoms with van der Waals surface area (Å²) in [7, 11) is 1.52. The minimum atomic E-state index is -1.49. The highest BCUT2D eigenvalue weighted by Crippen LogP contribution is 2.37. The first-order valence-corrected chi connectivity index (χ1v) is 14.3. The number of likely N-dealkylation sites (tertiary alicyclic amines) is 1. The summed E-state index contributed by atoms with van der Waals surface area (Å²) >= 11 is 2.07. The minimum Gasteiger partial charge on any atom is -0.497 e. The van der Waals surface area contributed by atoms with Crippen LogP contribution >= 0.6 is 11.8 Å². The van der Waals surface area contributed by atoms with Gasteiger partial charge in [-0.3, -0.25) is 9.78 Å². The number of carbonyl (C=O) groups is 1. The van der Waals surface area contributed by atoms with Gasteiger partial charge in [0, 0.05) is 41.5 Å². The Balaban J connectivity index is 1.35. The Labute approximate surface area is 217 Å². The Morgan fingerprint density at radius 1 is 1.25 bits per heavy atom. The van der Waals surface area contributed by atoms with Crippen LogP contribution in [-0.2, 0) is 4.79 Å². The summed E-state index contributed by atoms with van der Waals surface area (Å²) in [6, 6.07) is 5.06. The zero-order valence-corrected chi connectivity index (χ0v) is 22.0. The van der Waals surface area contributed by atoms with Crippen molar-refractivity contribution in [2.75, 3.05) is 32.5 Å². The molecule has 1 aliphatic carbocycles. The molecular formula is C28H38F2N2O3S. The van der Waals surface area contributed by atoms with E-state index in [1.807, 2.05) is 0 Å². The first kappa shape index (κ1) is 27.1. The predicted octanol–water partition coefficient (Wildman–Crippen LogP) is 6.65. The maximum absolute atomic E-state index is 15.5. The van der Waals surface area contributed by atoms with Gasteiger partial charge in [-0.2, -0.15) is 11.8 Å². The smallest absolute Gasteiger partial charge is 0.303 e. The van der Waals surface area contributed by atoms with Crippen molar-refractivity contribution in [1.29, 1.82) is 0 Å². The van der Waals surface area contributed by atoms with Crippen molar-refractivity contribution in [3.8, 4) is 5.75 Å². The number of ether oxygens (including phenoxy) is 1. The number of alkyl halides is 1. The molecule has 2 aromatic rings. The van der Waals surface area contributed by atoms with Gasteiger partial charge < -0.3 is 14.7 Å². The average Bonchev–Trinajstić information content (AvgIpc) is 2.88. The molecule has 2 aliphatic rings. The van der Waals surface area contributed by atoms with Crippen molar-refractivity contribution in [2.45, 2.75) is 69.2 Å². The van der Waals surface area contributed by atoms with Crippen LogP contribution in [0.5, 0.6) is 5.75 Å². The Morgan fingerprint density at radius 2 is 2.06 bits per heavy atom. The molecule has 1 saturated heterocycles. The third kappa shape index (κ3) is 7.09. The number of halogens is 2. The molecule has 1 aromatic heterocycles. The van der Waals surface area contributed by atoms with E-state index < -0.39 is 18.0 Å². The van der Waals surface area contributed by atoms with Gasteiger partial charge in [-0.25, -0.2) is 8.78 Å². The molecule has 198 valence electrons. The van der Waals surface area contributed by atoms with Crippen LogP contribution in [0.25, 0.3) is 10.9 Å². The van der Waals surface area contributed by atoms with E-state index in [1.165, 1.54) is 39.2 Å². The fraction of sp³-hybridized carbons (Fsp3) is 0.643. The van der Waals surface area contributed by atoms with Gasteiger partial charge in [-0.15, -0.1) is 0 Å². The van der Waals surface area contributed by atoms with E-state index in [2.05, 4.69) is 21.6 Å². The number of hydrogen-bond acceptors (Lipinski definition) is 5. The van der Waals surface area contributed by atoms with Crippen molar-refractivity contribution in [3.63, 3.8) is 0 Å². The highest BCUT2D eigenvalue weighted by Gasteiger charge is 2.32. The Bertz CT molecular complexity index is 1020. The maximum Gasteiger partial charge on any atom is 0.303 e. The number of methoxy groups -OCH3 is 1. The van der Waals surface area contributed by atoms with E-state index in [1.54, 1.807) is 18.2 Å². The summed E-state index contributed by atoms with van der Waals surface area (Å²) in [5.74, 6) is 0.252. The Kier molecular flexibility index (Phi) is 9.82. The van der Waals surface area contributed by atoms with Crippen molar-refractivity contribution in [3.05, 3.63) is 35.8 Å². The second-order valence-corrected chi connectivity index (χ2v) is 11.7. The molecule has 2 fully saturated rings. The van der Waals surface area contributed by atoms with Crippen LogP contribution in [0.3, 0.4) is 0 Å². The third-order valence-corrected chi connectivity index (χ3v) is 9.26. The number of hydrogen-bond donors (Lipinski definition) is 1. The van der Waals surface area contributed by atoms with Crippen molar-refractivity contribution in [2.24, 2.45) is 11.8 Å². The molecule has 1 saturated carbocycles. The number of carboxylic acids is 1. The molecule has 2 unspecified atom stereocenters. The molecule has 0 radical (unpaired) electrons. The molecule has 8 heteroatoms. The third-order valence-electron chi connectivity index (χ3n) is 7.90. The molecular weight excluding hydrogens is 482 g/mol. The lowest BCUT2D eigenvalue weighted by Gasteiger charge is -2.38. The van der Waals surface area contributed by atoms with Crippen LogP contribution < -0.4 is 4.74 Å². The van der Waals surface area contributed by atoms with Gasteiger partial charge in [0.1, 0.15) is 17.7 Å². The predicted molar refractivity (Wildman–Crippen MR) is 141 cm³/mol. The summed E-state index contributed by atoms with van der Waals surface area (Å²) in [4.78, 5) is 18.1. The number of aliphatic carboxylic acids is 1. The Morgan fingerprint density at radius 3 is 2.81 bits per heavy atom. The molecule has 4 rings (SSSR count). The van der Waals surface area contributed by atoms with Crippen molar-refractivity contribution in [1.82, 2.24) is 9.88 Å². The molecule has 0 spiro atoms. The number of pyridine rings is 1. The van der Waals surface area contributed by atoms with Crippen LogP contribution in [0.2, 0.25) is 0 Å². The summed E-state index contributed by atoms with van der Waals surface area (Å²) < 4.78 is 35.4. The average molecular weight is 521 g/mol. The molecule has 3 atom stereocenters. The second-order valence-electron chi connectivity index (χ2n) is 10.3. The van der Waals surface area contributed by atoms with E-state index in [0.29, 0.717) is 23.1 Å². The van der Waals surface area contributed by atoms with Gasteiger partial charge in [-0.1, -0.05) is 19.3 Å². The fourth-order valence-electron chi connectivity index (χ4n) is 5.89. The summed E-state index contributed by atoms with van der Waals surface area (Å²) in [5.41, 5.74) is 0.545. The molecule has 1 N–H and O–H groups in total. The number of piperidine rings is 1. The van der Waals surface area contributed by atoms with Crippen LogP contribution in [0.15, 0.2) is 24.4 Å². The van der Waals surface area contributed by atoms with Crippen molar-refractivity contribution < 1.29 is 23.4 Å². The first-order valence-electron chi connectivity index (χ1n) is 13.3. The van der Waals surface area contributed by atoms with Crippen LogP contribution in [0, 0.1) is 17.7 Å². The van der Waals surface area contributed by atoms with E-state index in [-0.39, 0.29) is 30.2 Å². The lowest BCUT2D eigenvalue weighted by Crippen LogP contribution is -2.42. The van der Waals surface area contributed by atoms with Gasteiger partial charge in [0.15, 0.2) is 0 Å². The first-order chi connectivity index (χ1) is 17.4. The number of carboxylic acid groups (broad SMARTS) is 1. The summed E-state index contributed by atoms with van der Waals surface area (Å²) in [6.45, 7) is 2.63. The monoisotopic (exact) mass is 520 g/mol. The van der Waals surface area contributed by atoms with Crippen LogP contribution in [0.1, 0.15) is 69.5 Å². The molecule has 1 aliphatic heterocycles.